The van der Waals surface area contributed by atoms with Gasteiger partial charge in [0.15, 0.2) is 12.1 Å². The number of carbonyl (C=O) groups is 2. The quantitative estimate of drug-likeness (QED) is 0.130. The Morgan fingerprint density at radius 2 is 1.21 bits per heavy atom. The average Bonchev–Trinajstić information content (AvgIpc) is 3.33. The maximum absolute atomic E-state index is 12.7. The fourth-order valence-electron chi connectivity index (χ4n) is 9.47. The van der Waals surface area contributed by atoms with Crippen molar-refractivity contribution in [2.45, 2.75) is 201 Å². The summed E-state index contributed by atoms with van der Waals surface area (Å²) in [5.41, 5.74) is 0. The van der Waals surface area contributed by atoms with Crippen molar-refractivity contribution in [2.75, 3.05) is 13.2 Å². The van der Waals surface area contributed by atoms with E-state index in [0.717, 1.165) is 0 Å². The van der Waals surface area contributed by atoms with E-state index < -0.39 is 184 Å². The van der Waals surface area contributed by atoms with E-state index in [2.05, 4.69) is 5.32 Å². The van der Waals surface area contributed by atoms with Crippen LogP contribution < -0.4 is 5.32 Å². The molecule has 0 spiro atoms. The molecule has 0 aromatic heterocycles. The molecule has 4 aliphatic rings. The Bertz CT molecular complexity index is 2000. The van der Waals surface area contributed by atoms with E-state index in [1.807, 2.05) is 6.92 Å². The molecule has 0 unspecified atom stereocenters. The lowest BCUT2D eigenvalue weighted by Gasteiger charge is -2.46. The number of hydrogen-bond acceptors (Lipinski definition) is 22. The zero-order valence-electron chi connectivity index (χ0n) is 43.3. The molecule has 0 aliphatic carbocycles. The third kappa shape index (κ3) is 19.6. The van der Waals surface area contributed by atoms with Crippen LogP contribution in [0.3, 0.4) is 0 Å². The SMILES string of the molecule is C[C@@H]1[C@H](O)[C@@H](C)\C=C/C=C\C=C/C=C\C=C/C=C\C=C\[C@H](O[C@H]2O[C@@H](C)[C@H](O)[C@@H](NC[C@]3(O)OC[C@@H](O)[C@@H](O)[C@@H]3O)[C@H]2O)C[C@@H]2O[C@](O)(C[C@@H](O)[C@H](O)CC[C@@H](O)C[C@@H](O)C[C@@H](O)CC(=O)O[C@H]1C)C[C@H](O)[C@H]2C(=O)O. The lowest BCUT2D eigenvalue weighted by Crippen LogP contribution is -2.69. The third-order valence-electron chi connectivity index (χ3n) is 14.2. The number of carboxylic acids is 1. The Labute approximate surface area is 442 Å². The molecule has 16 N–H and O–H groups in total. The minimum atomic E-state index is -2.47. The van der Waals surface area contributed by atoms with Crippen molar-refractivity contribution < 1.29 is 110 Å². The number of hydrogen-bond donors (Lipinski definition) is 16. The van der Waals surface area contributed by atoms with Gasteiger partial charge in [-0.1, -0.05) is 98.9 Å². The van der Waals surface area contributed by atoms with Gasteiger partial charge in [-0.05, 0) is 39.5 Å². The fraction of sp³-hybridized carbons (Fsp3) is 0.698. The van der Waals surface area contributed by atoms with E-state index in [1.165, 1.54) is 19.1 Å². The standard InChI is InChI=1S/C53H83NO22/c1-29-17-15-13-11-9-7-5-6-8-10-12-14-16-18-36(75-51-48(66)44(46(64)32(4)74-51)54-28-53(71)49(67)47(65)40(61)27-72-53)24-41-43(50(68)69)39(60)26-52(70,76-41)25-38(59)37(58)20-19-33(55)21-34(56)22-35(57)23-42(62)73-31(3)30(2)45(29)63/h5-18,29-41,43-49,51,54-61,63-67,70-71H,19-28H2,1-4H3,(H,68,69)/b6-5-,9-7-,10-8-,13-11-,14-12-,17-15-,18-16+/t29-,30-,31-,32-,33+,34+,35+,36-,37+,38+,39-,40+,41-,43+,44+,45+,46-,47+,48+,49-,51+,52+,53-/m0/s1. The van der Waals surface area contributed by atoms with Gasteiger partial charge in [0.2, 0.25) is 5.79 Å². The number of carbonyl (C=O) groups excluding carboxylic acids is 1. The Morgan fingerprint density at radius 3 is 1.82 bits per heavy atom. The molecule has 4 aliphatic heterocycles. The molecule has 23 nitrogen and oxygen atoms in total. The summed E-state index contributed by atoms with van der Waals surface area (Å²) < 4.78 is 28.7. The molecule has 23 heteroatoms. The molecule has 0 aromatic carbocycles. The van der Waals surface area contributed by atoms with Gasteiger partial charge in [-0.3, -0.25) is 9.59 Å². The first-order valence-corrected chi connectivity index (χ1v) is 25.8. The van der Waals surface area contributed by atoms with E-state index in [9.17, 15) is 86.2 Å². The number of carboxylic acid groups (broad SMARTS) is 1. The van der Waals surface area contributed by atoms with Crippen LogP contribution in [0, 0.1) is 17.8 Å². The van der Waals surface area contributed by atoms with Gasteiger partial charge in [0, 0.05) is 31.1 Å². The fourth-order valence-corrected chi connectivity index (χ4v) is 9.47. The number of esters is 1. The monoisotopic (exact) mass is 1090 g/mol. The van der Waals surface area contributed by atoms with Gasteiger partial charge in [0.05, 0.1) is 92.8 Å². The van der Waals surface area contributed by atoms with E-state index >= 15 is 0 Å². The summed E-state index contributed by atoms with van der Waals surface area (Å²) in [6, 6.07) is -1.36. The largest absolute Gasteiger partial charge is 0.481 e. The Morgan fingerprint density at radius 1 is 0.645 bits per heavy atom. The molecule has 0 radical (unpaired) electrons. The second-order valence-electron chi connectivity index (χ2n) is 20.6. The van der Waals surface area contributed by atoms with Gasteiger partial charge < -0.3 is 106 Å². The molecule has 23 atom stereocenters. The predicted octanol–water partition coefficient (Wildman–Crippen LogP) is -1.86. The highest BCUT2D eigenvalue weighted by Gasteiger charge is 2.53. The molecule has 432 valence electrons. The highest BCUT2D eigenvalue weighted by atomic mass is 16.7. The summed E-state index contributed by atoms with van der Waals surface area (Å²) in [7, 11) is 0. The van der Waals surface area contributed by atoms with Gasteiger partial charge in [-0.2, -0.15) is 0 Å². The van der Waals surface area contributed by atoms with E-state index in [0.29, 0.717) is 0 Å². The Kier molecular flexibility index (Phi) is 26.2. The van der Waals surface area contributed by atoms with E-state index in [1.54, 1.807) is 86.8 Å². The molecule has 4 rings (SSSR count). The van der Waals surface area contributed by atoms with Crippen molar-refractivity contribution >= 4 is 11.9 Å². The number of aliphatic hydroxyl groups is 14. The first-order chi connectivity index (χ1) is 35.7. The zero-order chi connectivity index (χ0) is 56.5. The summed E-state index contributed by atoms with van der Waals surface area (Å²) in [4.78, 5) is 25.4. The number of fused-ring (bicyclic) bond motifs is 2. The van der Waals surface area contributed by atoms with Gasteiger partial charge in [-0.15, -0.1) is 0 Å². The van der Waals surface area contributed by atoms with Crippen LogP contribution >= 0.6 is 0 Å². The molecule has 76 heavy (non-hydrogen) atoms. The summed E-state index contributed by atoms with van der Waals surface area (Å²) >= 11 is 0. The molecular formula is C53H83NO22. The average molecular weight is 1090 g/mol. The number of aliphatic carboxylic acids is 1. The van der Waals surface area contributed by atoms with Crippen molar-refractivity contribution in [2.24, 2.45) is 17.8 Å². The Balaban J connectivity index is 1.59. The maximum Gasteiger partial charge on any atom is 0.311 e. The minimum Gasteiger partial charge on any atom is -0.481 e. The van der Waals surface area contributed by atoms with Crippen LogP contribution in [0.2, 0.25) is 0 Å². The van der Waals surface area contributed by atoms with Gasteiger partial charge in [0.1, 0.15) is 36.4 Å². The van der Waals surface area contributed by atoms with Crippen LogP contribution in [-0.4, -0.2) is 223 Å². The first kappa shape index (κ1) is 64.9. The van der Waals surface area contributed by atoms with Gasteiger partial charge in [-0.25, -0.2) is 0 Å². The van der Waals surface area contributed by atoms with Crippen molar-refractivity contribution in [1.29, 1.82) is 0 Å². The first-order valence-electron chi connectivity index (χ1n) is 25.8. The third-order valence-corrected chi connectivity index (χ3v) is 14.2. The van der Waals surface area contributed by atoms with Crippen LogP contribution in [0.5, 0.6) is 0 Å². The predicted molar refractivity (Wildman–Crippen MR) is 270 cm³/mol. The lowest BCUT2D eigenvalue weighted by atomic mass is 9.82. The van der Waals surface area contributed by atoms with E-state index in [4.69, 9.17) is 23.7 Å². The summed E-state index contributed by atoms with van der Waals surface area (Å²) in [6.07, 6.45) is -4.45. The number of nitrogens with one attached hydrogen (secondary N) is 1. The topological polar surface area (TPSA) is 396 Å². The number of ether oxygens (including phenoxy) is 5. The smallest absolute Gasteiger partial charge is 0.311 e. The second-order valence-corrected chi connectivity index (χ2v) is 20.6. The molecular weight excluding hydrogens is 1000 g/mol. The molecule has 3 saturated heterocycles. The molecule has 0 aromatic rings. The molecule has 0 amide bonds. The summed E-state index contributed by atoms with van der Waals surface area (Å²) in [5, 5.41) is 165. The summed E-state index contributed by atoms with van der Waals surface area (Å²) in [5.74, 6) is -9.70. The number of allylic oxidation sites excluding steroid dienone is 12. The molecule has 0 saturated carbocycles. The van der Waals surface area contributed by atoms with Crippen LogP contribution in [0.1, 0.15) is 79.1 Å². The summed E-state index contributed by atoms with van der Waals surface area (Å²) in [6.45, 7) is 5.38. The van der Waals surface area contributed by atoms with Crippen LogP contribution in [0.4, 0.5) is 0 Å². The number of rotatable bonds is 6. The van der Waals surface area contributed by atoms with Gasteiger partial charge in [0.25, 0.3) is 0 Å². The second kappa shape index (κ2) is 30.6. The number of cyclic esters (lactones) is 1. The van der Waals surface area contributed by atoms with Crippen LogP contribution in [0.15, 0.2) is 85.1 Å². The Hall–Kier alpha value is -3.64. The molecule has 2 bridgehead atoms. The molecule has 4 heterocycles. The highest BCUT2D eigenvalue weighted by molar-refractivity contribution is 5.71. The lowest BCUT2D eigenvalue weighted by molar-refractivity contribution is -0.323. The zero-order valence-corrected chi connectivity index (χ0v) is 43.3. The molecule has 3 fully saturated rings. The van der Waals surface area contributed by atoms with Gasteiger partial charge >= 0.3 is 11.9 Å². The van der Waals surface area contributed by atoms with Crippen molar-refractivity contribution in [1.82, 2.24) is 5.32 Å². The van der Waals surface area contributed by atoms with Crippen LogP contribution in [-0.2, 0) is 33.3 Å². The number of aliphatic hydroxyl groups excluding tert-OH is 12. The normalized spacial score (nSPS) is 46.8. The van der Waals surface area contributed by atoms with Crippen LogP contribution in [0.25, 0.3) is 0 Å². The maximum atomic E-state index is 12.7. The van der Waals surface area contributed by atoms with Crippen molar-refractivity contribution in [3.63, 3.8) is 0 Å². The van der Waals surface area contributed by atoms with Crippen molar-refractivity contribution in [3.05, 3.63) is 85.1 Å². The minimum absolute atomic E-state index is 0.186. The van der Waals surface area contributed by atoms with Crippen molar-refractivity contribution in [3.8, 4) is 0 Å². The van der Waals surface area contributed by atoms with E-state index in [-0.39, 0.29) is 31.6 Å². The highest BCUT2D eigenvalue weighted by Crippen LogP contribution is 2.38.